The Balaban J connectivity index is 0.751. The number of aromatic hydroxyl groups is 1. The molecule has 61 heavy (non-hydrogen) atoms. The van der Waals surface area contributed by atoms with Crippen molar-refractivity contribution in [1.29, 1.82) is 0 Å². The Bertz CT molecular complexity index is 2350. The van der Waals surface area contributed by atoms with Crippen LogP contribution in [0, 0.1) is 11.7 Å². The van der Waals surface area contributed by atoms with Gasteiger partial charge in [-0.25, -0.2) is 9.37 Å². The van der Waals surface area contributed by atoms with Gasteiger partial charge in [0, 0.05) is 67.7 Å². The number of unbranched alkanes of at least 4 members (excludes halogenated alkanes) is 2. The van der Waals surface area contributed by atoms with Crippen LogP contribution in [-0.2, 0) is 32.1 Å². The van der Waals surface area contributed by atoms with Gasteiger partial charge in [-0.3, -0.25) is 44.3 Å². The number of piperidine rings is 2. The number of thiazole rings is 1. The van der Waals surface area contributed by atoms with Crippen LogP contribution in [0.25, 0.3) is 0 Å². The smallest absolute Gasteiger partial charge is 0.262 e. The van der Waals surface area contributed by atoms with E-state index in [0.717, 1.165) is 91.9 Å². The predicted molar refractivity (Wildman–Crippen MR) is 224 cm³/mol. The first-order valence-electron chi connectivity index (χ1n) is 20.9. The molecule has 14 nitrogen and oxygen atoms in total. The number of rotatable bonds is 16. The molecule has 5 heterocycles. The highest BCUT2D eigenvalue weighted by atomic mass is 32.1. The van der Waals surface area contributed by atoms with Crippen molar-refractivity contribution in [3.63, 3.8) is 0 Å². The van der Waals surface area contributed by atoms with Gasteiger partial charge in [-0.05, 0) is 105 Å². The average Bonchev–Trinajstić information content (AvgIpc) is 3.95. The molecule has 4 aromatic rings. The van der Waals surface area contributed by atoms with Gasteiger partial charge in [-0.15, -0.1) is 11.3 Å². The molecule has 2 fully saturated rings. The van der Waals surface area contributed by atoms with Crippen LogP contribution in [0.1, 0.15) is 112 Å². The van der Waals surface area contributed by atoms with Crippen molar-refractivity contribution in [2.24, 2.45) is 5.92 Å². The van der Waals surface area contributed by atoms with Gasteiger partial charge < -0.3 is 19.6 Å². The first-order valence-corrected chi connectivity index (χ1v) is 21.7. The maximum absolute atomic E-state index is 14.4. The number of hydrogen-bond donors (Lipinski definition) is 3. The lowest BCUT2D eigenvalue weighted by Gasteiger charge is -2.34. The average molecular weight is 851 g/mol. The number of halogens is 1. The van der Waals surface area contributed by atoms with Crippen molar-refractivity contribution >= 4 is 57.6 Å². The summed E-state index contributed by atoms with van der Waals surface area (Å²) in [6, 6.07) is 12.1. The Labute approximate surface area is 356 Å². The molecule has 318 valence electrons. The third kappa shape index (κ3) is 8.91. The molecule has 0 spiro atoms. The van der Waals surface area contributed by atoms with Crippen LogP contribution < -0.4 is 15.5 Å². The van der Waals surface area contributed by atoms with Gasteiger partial charge >= 0.3 is 0 Å². The van der Waals surface area contributed by atoms with Crippen molar-refractivity contribution in [2.75, 3.05) is 36.5 Å². The molecule has 2 unspecified atom stereocenters. The van der Waals surface area contributed by atoms with Crippen LogP contribution in [0.3, 0.4) is 0 Å². The van der Waals surface area contributed by atoms with E-state index in [4.69, 9.17) is 4.74 Å². The van der Waals surface area contributed by atoms with Crippen LogP contribution in [0.5, 0.6) is 5.75 Å². The van der Waals surface area contributed by atoms with Crippen molar-refractivity contribution in [3.8, 4) is 5.75 Å². The summed E-state index contributed by atoms with van der Waals surface area (Å²) in [6.45, 7) is 3.12. The molecule has 3 aromatic carbocycles. The van der Waals surface area contributed by atoms with Crippen molar-refractivity contribution < 1.29 is 43.0 Å². The number of carbonyl (C=O) groups excluding carboxylic acids is 6. The summed E-state index contributed by atoms with van der Waals surface area (Å²) in [5, 5.41) is 17.6. The van der Waals surface area contributed by atoms with E-state index in [0.29, 0.717) is 41.8 Å². The van der Waals surface area contributed by atoms with E-state index in [1.165, 1.54) is 28.5 Å². The molecular formula is C45H47FN6O8S. The zero-order valence-electron chi connectivity index (χ0n) is 33.6. The summed E-state index contributed by atoms with van der Waals surface area (Å²) in [4.78, 5) is 86.7. The Kier molecular flexibility index (Phi) is 12.5. The number of benzene rings is 3. The summed E-state index contributed by atoms with van der Waals surface area (Å²) < 4.78 is 20.4. The number of ether oxygens (including phenoxy) is 1. The van der Waals surface area contributed by atoms with Crippen LogP contribution in [0.15, 0.2) is 66.2 Å². The highest BCUT2D eigenvalue weighted by Gasteiger charge is 2.45. The summed E-state index contributed by atoms with van der Waals surface area (Å²) >= 11 is 1.21. The van der Waals surface area contributed by atoms with Gasteiger partial charge in [0.25, 0.3) is 23.6 Å². The molecule has 8 rings (SSSR count). The molecule has 4 aliphatic heterocycles. The van der Waals surface area contributed by atoms with Crippen LogP contribution >= 0.6 is 11.3 Å². The number of carbonyl (C=O) groups is 6. The molecule has 0 bridgehead atoms. The van der Waals surface area contributed by atoms with Crippen LogP contribution in [0.2, 0.25) is 0 Å². The molecule has 6 amide bonds. The topological polar surface area (TPSA) is 179 Å². The fourth-order valence-corrected chi connectivity index (χ4v) is 9.47. The second-order valence-corrected chi connectivity index (χ2v) is 16.9. The van der Waals surface area contributed by atoms with Crippen LogP contribution in [0.4, 0.5) is 15.2 Å². The monoisotopic (exact) mass is 850 g/mol. The second kappa shape index (κ2) is 18.3. The molecule has 2 saturated heterocycles. The quantitative estimate of drug-likeness (QED) is 0.0875. The Hall–Kier alpha value is -6.00. The first-order chi connectivity index (χ1) is 29.6. The molecular weight excluding hydrogens is 804 g/mol. The fraction of sp³-hybridized carbons (Fsp3) is 0.400. The van der Waals surface area contributed by atoms with E-state index in [9.17, 15) is 38.3 Å². The predicted octanol–water partition coefficient (Wildman–Crippen LogP) is 6.15. The number of nitrogens with zero attached hydrogens (tertiary/aromatic N) is 4. The highest BCUT2D eigenvalue weighted by molar-refractivity contribution is 7.13. The van der Waals surface area contributed by atoms with Crippen molar-refractivity contribution in [1.82, 2.24) is 20.1 Å². The summed E-state index contributed by atoms with van der Waals surface area (Å²) in [5.41, 5.74) is 3.65. The normalized spacial score (nSPS) is 18.4. The summed E-state index contributed by atoms with van der Waals surface area (Å²) in [7, 11) is 0. The number of hydrogen-bond acceptors (Lipinski definition) is 11. The number of nitrogens with one attached hydrogen (secondary N) is 2. The van der Waals surface area contributed by atoms with Gasteiger partial charge in [0.2, 0.25) is 11.8 Å². The molecule has 3 N–H and O–H groups in total. The zero-order valence-corrected chi connectivity index (χ0v) is 34.4. The van der Waals surface area contributed by atoms with Gasteiger partial charge in [-0.2, -0.15) is 0 Å². The molecule has 1 aromatic heterocycles. The molecule has 16 heteroatoms. The van der Waals surface area contributed by atoms with Crippen LogP contribution in [-0.4, -0.2) is 87.7 Å². The Morgan fingerprint density at radius 2 is 1.74 bits per heavy atom. The van der Waals surface area contributed by atoms with Gasteiger partial charge in [-0.1, -0.05) is 24.6 Å². The lowest BCUT2D eigenvalue weighted by Crippen LogP contribution is -2.54. The van der Waals surface area contributed by atoms with E-state index < -0.39 is 47.4 Å². The minimum absolute atomic E-state index is 0.00288. The molecule has 0 saturated carbocycles. The van der Waals surface area contributed by atoms with Crippen molar-refractivity contribution in [3.05, 3.63) is 105 Å². The number of anilines is 2. The van der Waals surface area contributed by atoms with E-state index in [2.05, 4.69) is 20.5 Å². The SMILES string of the molecule is O=C1CCC(N2C(=O)c3ccc(N4CCC(CCCOCCCCCc5cccc6c5C(=O)N(C(C(=O)Nc5nccs5)c5cc(F)ccc5O)C6)CC4)cc3C2=O)C(=O)N1. The third-order valence-corrected chi connectivity index (χ3v) is 12.8. The maximum atomic E-state index is 14.4. The standard InChI is InChI=1S/C45H47FN6O8S/c46-30-10-14-36(53)34(24-30)39(41(56)49-45-47-18-23-61-45)51-26-29-9-4-8-28(38(29)44(51)59)7-2-1-3-21-60-22-5-6-27-16-19-50(20-17-27)31-11-12-32-33(25-31)43(58)52(42(32)57)35-13-15-37(54)48-40(35)55/h4,8-12,14,18,23-25,27,35,39,53H,1-3,5-7,13,15-17,19-22,26H2,(H,47,49,56)(H,48,54,55). The van der Waals surface area contributed by atoms with E-state index >= 15 is 0 Å². The number of phenols is 1. The highest BCUT2D eigenvalue weighted by Crippen LogP contribution is 2.38. The molecule has 2 atom stereocenters. The number of amides is 6. The summed E-state index contributed by atoms with van der Waals surface area (Å²) in [6.07, 6.45) is 9.08. The molecule has 4 aliphatic rings. The maximum Gasteiger partial charge on any atom is 0.262 e. The number of aryl methyl sites for hydroxylation is 1. The number of phenolic OH excluding ortho intramolecular Hbond substituents is 1. The second-order valence-electron chi connectivity index (χ2n) is 16.0. The lowest BCUT2D eigenvalue weighted by molar-refractivity contribution is -0.136. The number of fused-ring (bicyclic) bond motifs is 2. The van der Waals surface area contributed by atoms with E-state index in [1.807, 2.05) is 24.3 Å². The Morgan fingerprint density at radius 1 is 0.934 bits per heavy atom. The van der Waals surface area contributed by atoms with E-state index in [-0.39, 0.29) is 42.2 Å². The van der Waals surface area contributed by atoms with E-state index in [1.54, 1.807) is 17.5 Å². The van der Waals surface area contributed by atoms with Gasteiger partial charge in [0.05, 0.1) is 11.1 Å². The zero-order chi connectivity index (χ0) is 42.6. The van der Waals surface area contributed by atoms with Crippen molar-refractivity contribution in [2.45, 2.75) is 82.8 Å². The minimum Gasteiger partial charge on any atom is -0.508 e. The largest absolute Gasteiger partial charge is 0.508 e. The first kappa shape index (κ1) is 41.7. The fourth-order valence-electron chi connectivity index (χ4n) is 8.94. The third-order valence-electron chi connectivity index (χ3n) is 12.1. The lowest BCUT2D eigenvalue weighted by atomic mass is 9.92. The molecule has 0 aliphatic carbocycles. The number of aromatic nitrogens is 1. The summed E-state index contributed by atoms with van der Waals surface area (Å²) in [5.74, 6) is -3.32. The Morgan fingerprint density at radius 3 is 2.52 bits per heavy atom. The minimum atomic E-state index is -1.28. The number of imide groups is 2. The van der Waals surface area contributed by atoms with Gasteiger partial charge in [0.1, 0.15) is 23.7 Å². The van der Waals surface area contributed by atoms with Gasteiger partial charge in [0.15, 0.2) is 5.13 Å². The molecule has 0 radical (unpaired) electrons.